The van der Waals surface area contributed by atoms with E-state index in [1.54, 1.807) is 36.9 Å². The predicted octanol–water partition coefficient (Wildman–Crippen LogP) is 3.24. The van der Waals surface area contributed by atoms with Gasteiger partial charge >= 0.3 is 6.18 Å². The molecule has 1 saturated heterocycles. The third kappa shape index (κ3) is 3.66. The Kier molecular flexibility index (Phi) is 5.52. The lowest BCUT2D eigenvalue weighted by molar-refractivity contribution is -0.0892. The molecule has 1 spiro atoms. The summed E-state index contributed by atoms with van der Waals surface area (Å²) in [7, 11) is 1.54. The van der Waals surface area contributed by atoms with Crippen LogP contribution < -0.4 is 10.1 Å². The van der Waals surface area contributed by atoms with E-state index in [4.69, 9.17) is 4.74 Å². The molecule has 4 heterocycles. The van der Waals surface area contributed by atoms with Gasteiger partial charge in [-0.3, -0.25) is 9.59 Å². The molecule has 1 fully saturated rings. The number of piperidine rings is 1. The van der Waals surface area contributed by atoms with Crippen LogP contribution in [-0.2, 0) is 5.54 Å². The summed E-state index contributed by atoms with van der Waals surface area (Å²) < 4.78 is 46.0. The Morgan fingerprint density at radius 3 is 2.47 bits per heavy atom. The van der Waals surface area contributed by atoms with Crippen molar-refractivity contribution in [1.29, 1.82) is 0 Å². The maximum Gasteiger partial charge on any atom is 0.456 e. The van der Waals surface area contributed by atoms with Crippen LogP contribution in [0.4, 0.5) is 13.2 Å². The Morgan fingerprint density at radius 1 is 1.19 bits per heavy atom. The first-order chi connectivity index (χ1) is 15.1. The number of alkyl halides is 3. The third-order valence-electron chi connectivity index (χ3n) is 6.46. The topological polar surface area (TPSA) is 76.5 Å². The molecule has 0 radical (unpaired) electrons. The van der Waals surface area contributed by atoms with E-state index < -0.39 is 17.5 Å². The van der Waals surface area contributed by atoms with Gasteiger partial charge in [0.1, 0.15) is 11.4 Å². The highest BCUT2D eigenvalue weighted by Crippen LogP contribution is 2.40. The monoisotopic (exact) mass is 450 g/mol. The lowest BCUT2D eigenvalue weighted by Gasteiger charge is -2.47. The summed E-state index contributed by atoms with van der Waals surface area (Å²) in [6.45, 7) is 4.82. The minimum Gasteiger partial charge on any atom is -0.495 e. The van der Waals surface area contributed by atoms with Gasteiger partial charge in [0.15, 0.2) is 0 Å². The molecule has 0 saturated carbocycles. The Labute approximate surface area is 183 Å². The number of nitrogens with zero attached hydrogens (tertiary/aromatic N) is 3. The van der Waals surface area contributed by atoms with Crippen molar-refractivity contribution in [2.75, 3.05) is 26.7 Å². The molecule has 32 heavy (non-hydrogen) atoms. The Balaban J connectivity index is 1.56. The summed E-state index contributed by atoms with van der Waals surface area (Å²) in [5.41, 5.74) is 0.684. The number of carbonyl (C=O) groups is 2. The van der Waals surface area contributed by atoms with Gasteiger partial charge < -0.3 is 19.5 Å². The van der Waals surface area contributed by atoms with Crippen LogP contribution in [0.1, 0.15) is 58.2 Å². The summed E-state index contributed by atoms with van der Waals surface area (Å²) in [6.07, 6.45) is -3.89. The highest BCUT2D eigenvalue weighted by molar-refractivity contribution is 5.99. The number of hydrogen-bond acceptors (Lipinski definition) is 5. The van der Waals surface area contributed by atoms with Crippen molar-refractivity contribution in [3.05, 3.63) is 47.0 Å². The normalized spacial score (nSPS) is 20.2. The van der Waals surface area contributed by atoms with Gasteiger partial charge in [0, 0.05) is 31.4 Å². The number of fused-ring (bicyclic) bond motifs is 2. The molecule has 7 nitrogen and oxygen atoms in total. The molecule has 0 aliphatic carbocycles. The number of ether oxygens (including phenoxy) is 1. The molecule has 1 unspecified atom stereocenters. The SMILES string of the molecule is COc1ccc(C(=O)N2CCC3(CC2)NCC(C)n2c(C(=O)C(F)(F)F)ccc23)nc1C. The van der Waals surface area contributed by atoms with E-state index in [9.17, 15) is 22.8 Å². The van der Waals surface area contributed by atoms with Crippen molar-refractivity contribution in [3.8, 4) is 5.75 Å². The molecule has 1 N–H and O–H groups in total. The zero-order valence-corrected chi connectivity index (χ0v) is 18.1. The van der Waals surface area contributed by atoms with E-state index in [1.807, 2.05) is 0 Å². The number of carbonyl (C=O) groups excluding carboxylic acids is 2. The molecular weight excluding hydrogens is 425 g/mol. The first kappa shape index (κ1) is 22.3. The van der Waals surface area contributed by atoms with Crippen molar-refractivity contribution in [3.63, 3.8) is 0 Å². The predicted molar refractivity (Wildman–Crippen MR) is 110 cm³/mol. The van der Waals surface area contributed by atoms with Crippen LogP contribution in [0.5, 0.6) is 5.75 Å². The fraction of sp³-hybridized carbons (Fsp3) is 0.500. The lowest BCUT2D eigenvalue weighted by Crippen LogP contribution is -2.57. The number of aromatic nitrogens is 2. The fourth-order valence-electron chi connectivity index (χ4n) is 4.74. The molecule has 1 amide bonds. The van der Waals surface area contributed by atoms with Crippen LogP contribution in [0.2, 0.25) is 0 Å². The lowest BCUT2D eigenvalue weighted by atomic mass is 9.82. The smallest absolute Gasteiger partial charge is 0.456 e. The van der Waals surface area contributed by atoms with E-state index in [0.29, 0.717) is 55.3 Å². The largest absolute Gasteiger partial charge is 0.495 e. The van der Waals surface area contributed by atoms with Crippen LogP contribution in [0.25, 0.3) is 0 Å². The molecular formula is C22H25F3N4O3. The molecule has 0 aromatic carbocycles. The van der Waals surface area contributed by atoms with Crippen LogP contribution in [0.15, 0.2) is 24.3 Å². The summed E-state index contributed by atoms with van der Waals surface area (Å²) in [4.78, 5) is 30.9. The zero-order chi connectivity index (χ0) is 23.3. The van der Waals surface area contributed by atoms with Crippen LogP contribution in [0.3, 0.4) is 0 Å². The molecule has 172 valence electrons. The quantitative estimate of drug-likeness (QED) is 0.727. The Morgan fingerprint density at radius 2 is 1.88 bits per heavy atom. The molecule has 2 aliphatic heterocycles. The molecule has 0 bridgehead atoms. The van der Waals surface area contributed by atoms with Gasteiger partial charge in [0.2, 0.25) is 0 Å². The van der Waals surface area contributed by atoms with Gasteiger partial charge in [0.05, 0.1) is 24.0 Å². The van der Waals surface area contributed by atoms with Gasteiger partial charge in [-0.25, -0.2) is 4.98 Å². The highest BCUT2D eigenvalue weighted by atomic mass is 19.4. The first-order valence-electron chi connectivity index (χ1n) is 10.5. The number of likely N-dealkylation sites (tertiary alicyclic amines) is 1. The maximum atomic E-state index is 13.1. The minimum absolute atomic E-state index is 0.196. The second-order valence-corrected chi connectivity index (χ2v) is 8.39. The number of methoxy groups -OCH3 is 1. The average molecular weight is 450 g/mol. The molecule has 2 aromatic heterocycles. The second-order valence-electron chi connectivity index (χ2n) is 8.39. The number of nitrogens with one attached hydrogen (secondary N) is 1. The minimum atomic E-state index is -4.92. The number of rotatable bonds is 3. The van der Waals surface area contributed by atoms with Crippen LogP contribution in [-0.4, -0.2) is 59.1 Å². The van der Waals surface area contributed by atoms with Gasteiger partial charge in [-0.05, 0) is 51.0 Å². The average Bonchev–Trinajstić information content (AvgIpc) is 3.22. The van der Waals surface area contributed by atoms with Gasteiger partial charge in [-0.2, -0.15) is 13.2 Å². The zero-order valence-electron chi connectivity index (χ0n) is 18.1. The van der Waals surface area contributed by atoms with E-state index in [1.165, 1.54) is 17.7 Å². The van der Waals surface area contributed by atoms with Crippen molar-refractivity contribution >= 4 is 11.7 Å². The van der Waals surface area contributed by atoms with Crippen LogP contribution in [0, 0.1) is 6.92 Å². The number of ketones is 1. The first-order valence-corrected chi connectivity index (χ1v) is 10.5. The summed E-state index contributed by atoms with van der Waals surface area (Å²) in [6, 6.07) is 5.90. The van der Waals surface area contributed by atoms with E-state index in [-0.39, 0.29) is 17.6 Å². The van der Waals surface area contributed by atoms with Crippen molar-refractivity contribution in [1.82, 2.24) is 19.8 Å². The van der Waals surface area contributed by atoms with Crippen LogP contribution >= 0.6 is 0 Å². The maximum absolute atomic E-state index is 13.1. The number of amides is 1. The molecule has 4 rings (SSSR count). The number of pyridine rings is 1. The standard InChI is InChI=1S/C22H25F3N4O3/c1-13-12-26-21(18-7-5-16(29(13)18)19(30)22(23,24)25)8-10-28(11-9-21)20(31)15-4-6-17(32-3)14(2)27-15/h4-7,13,26H,8-12H2,1-3H3. The molecule has 10 heteroatoms. The molecule has 1 atom stereocenters. The van der Waals surface area contributed by atoms with Gasteiger partial charge in [-0.1, -0.05) is 0 Å². The Bertz CT molecular complexity index is 1060. The van der Waals surface area contributed by atoms with Crippen molar-refractivity contribution < 1.29 is 27.5 Å². The number of halogens is 3. The highest BCUT2D eigenvalue weighted by Gasteiger charge is 2.47. The Hall–Kier alpha value is -2.88. The summed E-state index contributed by atoms with van der Waals surface area (Å²) >= 11 is 0. The summed E-state index contributed by atoms with van der Waals surface area (Å²) in [5, 5.41) is 3.47. The van der Waals surface area contributed by atoms with E-state index >= 15 is 0 Å². The van der Waals surface area contributed by atoms with Gasteiger partial charge in [-0.15, -0.1) is 0 Å². The van der Waals surface area contributed by atoms with Crippen molar-refractivity contribution in [2.45, 2.75) is 44.4 Å². The van der Waals surface area contributed by atoms with E-state index in [2.05, 4.69) is 10.3 Å². The number of Topliss-reactive ketones (excluding diaryl/α,β-unsaturated/α-hetero) is 1. The number of hydrogen-bond donors (Lipinski definition) is 1. The van der Waals surface area contributed by atoms with Crippen molar-refractivity contribution in [2.24, 2.45) is 0 Å². The third-order valence-corrected chi connectivity index (χ3v) is 6.46. The number of aryl methyl sites for hydroxylation is 1. The second kappa shape index (κ2) is 7.91. The fourth-order valence-corrected chi connectivity index (χ4v) is 4.74. The molecule has 2 aromatic rings. The van der Waals surface area contributed by atoms with E-state index in [0.717, 1.165) is 0 Å². The van der Waals surface area contributed by atoms with Gasteiger partial charge in [0.25, 0.3) is 11.7 Å². The molecule has 2 aliphatic rings. The summed E-state index contributed by atoms with van der Waals surface area (Å²) in [5.74, 6) is -1.43.